The Morgan fingerprint density at radius 2 is 1.79 bits per heavy atom. The minimum atomic E-state index is -0.102. The monoisotopic (exact) mass is 325 g/mol. The number of carbonyl (C=O) groups is 1. The van der Waals surface area contributed by atoms with Crippen LogP contribution in [-0.2, 0) is 11.2 Å². The molecule has 0 radical (unpaired) electrons. The molecule has 0 heterocycles. The van der Waals surface area contributed by atoms with E-state index >= 15 is 0 Å². The van der Waals surface area contributed by atoms with Crippen LogP contribution in [0.25, 0.3) is 0 Å². The molecule has 19 heavy (non-hydrogen) atoms. The van der Waals surface area contributed by atoms with Gasteiger partial charge in [-0.25, -0.2) is 0 Å². The van der Waals surface area contributed by atoms with Gasteiger partial charge in [-0.15, -0.1) is 0 Å². The average molecular weight is 326 g/mol. The summed E-state index contributed by atoms with van der Waals surface area (Å²) in [6.07, 6.45) is 1.90. The molecule has 0 aliphatic carbocycles. The molecular formula is C16H24BrNO. The van der Waals surface area contributed by atoms with Crippen LogP contribution in [0.15, 0.2) is 24.3 Å². The summed E-state index contributed by atoms with van der Waals surface area (Å²) in [4.78, 5) is 11.7. The molecule has 2 nitrogen and oxygen atoms in total. The fourth-order valence-electron chi connectivity index (χ4n) is 1.99. The maximum atomic E-state index is 11.8. The second-order valence-corrected chi connectivity index (χ2v) is 6.55. The van der Waals surface area contributed by atoms with Gasteiger partial charge in [0.05, 0.1) is 10.9 Å². The van der Waals surface area contributed by atoms with E-state index in [-0.39, 0.29) is 16.8 Å². The normalized spacial score (nSPS) is 14.2. The second-order valence-electron chi connectivity index (χ2n) is 5.45. The maximum absolute atomic E-state index is 11.8. The number of hydrogen-bond donors (Lipinski definition) is 1. The Morgan fingerprint density at radius 3 is 2.26 bits per heavy atom. The molecule has 1 aromatic rings. The Kier molecular flexibility index (Phi) is 6.56. The Balaban J connectivity index is 2.62. The van der Waals surface area contributed by atoms with Crippen molar-refractivity contribution in [3.8, 4) is 0 Å². The van der Waals surface area contributed by atoms with Gasteiger partial charge in [-0.3, -0.25) is 4.79 Å². The van der Waals surface area contributed by atoms with Crippen LogP contribution >= 0.6 is 15.9 Å². The number of benzene rings is 1. The van der Waals surface area contributed by atoms with Crippen molar-refractivity contribution >= 4 is 21.8 Å². The lowest BCUT2D eigenvalue weighted by atomic mass is 10.00. The van der Waals surface area contributed by atoms with Gasteiger partial charge in [-0.2, -0.15) is 0 Å². The molecule has 0 saturated carbocycles. The van der Waals surface area contributed by atoms with Gasteiger partial charge in [-0.05, 0) is 36.8 Å². The Bertz CT molecular complexity index is 400. The van der Waals surface area contributed by atoms with Crippen molar-refractivity contribution in [2.45, 2.75) is 51.4 Å². The molecule has 1 N–H and O–H groups in total. The summed E-state index contributed by atoms with van der Waals surface area (Å²) in [5, 5.41) is 3.02. The predicted molar refractivity (Wildman–Crippen MR) is 84.5 cm³/mol. The molecule has 0 fully saturated rings. The van der Waals surface area contributed by atoms with Crippen LogP contribution in [-0.4, -0.2) is 10.7 Å². The Hall–Kier alpha value is -0.830. The van der Waals surface area contributed by atoms with E-state index in [1.165, 1.54) is 5.56 Å². The van der Waals surface area contributed by atoms with Crippen LogP contribution in [0.3, 0.4) is 0 Å². The fourth-order valence-corrected chi connectivity index (χ4v) is 2.12. The van der Waals surface area contributed by atoms with E-state index in [2.05, 4.69) is 59.4 Å². The number of carbonyl (C=O) groups excluding carboxylic acids is 1. The molecule has 0 aliphatic rings. The first-order valence-electron chi connectivity index (χ1n) is 6.97. The predicted octanol–water partition coefficient (Wildman–Crippen LogP) is 4.24. The lowest BCUT2D eigenvalue weighted by molar-refractivity contribution is -0.121. The molecule has 0 bridgehead atoms. The van der Waals surface area contributed by atoms with E-state index in [0.29, 0.717) is 5.92 Å². The SMILES string of the molecule is CCC(Br)C(=O)NC(C)c1ccc(CC(C)C)cc1. The van der Waals surface area contributed by atoms with Crippen molar-refractivity contribution in [3.05, 3.63) is 35.4 Å². The molecule has 3 heteroatoms. The zero-order chi connectivity index (χ0) is 14.4. The highest BCUT2D eigenvalue weighted by Crippen LogP contribution is 2.16. The van der Waals surface area contributed by atoms with Crippen LogP contribution in [0, 0.1) is 5.92 Å². The van der Waals surface area contributed by atoms with Gasteiger partial charge in [0, 0.05) is 0 Å². The lowest BCUT2D eigenvalue weighted by Crippen LogP contribution is -2.32. The van der Waals surface area contributed by atoms with Gasteiger partial charge < -0.3 is 5.32 Å². The van der Waals surface area contributed by atoms with E-state index < -0.39 is 0 Å². The van der Waals surface area contributed by atoms with E-state index in [0.717, 1.165) is 18.4 Å². The third-order valence-electron chi connectivity index (χ3n) is 3.13. The summed E-state index contributed by atoms with van der Waals surface area (Å²) in [7, 11) is 0. The summed E-state index contributed by atoms with van der Waals surface area (Å²) in [6.45, 7) is 8.45. The van der Waals surface area contributed by atoms with Crippen molar-refractivity contribution in [1.29, 1.82) is 0 Å². The third-order valence-corrected chi connectivity index (χ3v) is 4.19. The summed E-state index contributed by atoms with van der Waals surface area (Å²) < 4.78 is 0. The van der Waals surface area contributed by atoms with Crippen molar-refractivity contribution < 1.29 is 4.79 Å². The van der Waals surface area contributed by atoms with Crippen molar-refractivity contribution in [3.63, 3.8) is 0 Å². The summed E-state index contributed by atoms with van der Waals surface area (Å²) in [5.41, 5.74) is 2.50. The maximum Gasteiger partial charge on any atom is 0.234 e. The van der Waals surface area contributed by atoms with Gasteiger partial charge in [0.1, 0.15) is 0 Å². The van der Waals surface area contributed by atoms with Crippen molar-refractivity contribution in [2.24, 2.45) is 5.92 Å². The van der Waals surface area contributed by atoms with Crippen molar-refractivity contribution in [1.82, 2.24) is 5.32 Å². The molecule has 0 aromatic heterocycles. The van der Waals surface area contributed by atoms with Crippen molar-refractivity contribution in [2.75, 3.05) is 0 Å². The summed E-state index contributed by atoms with van der Waals surface area (Å²) in [5.74, 6) is 0.725. The van der Waals surface area contributed by atoms with E-state index in [9.17, 15) is 4.79 Å². The molecule has 2 atom stereocenters. The number of halogens is 1. The minimum absolute atomic E-state index is 0.0483. The first-order chi connectivity index (χ1) is 8.93. The average Bonchev–Trinajstić information content (AvgIpc) is 2.37. The van der Waals surface area contributed by atoms with Crippen LogP contribution in [0.1, 0.15) is 51.3 Å². The second kappa shape index (κ2) is 7.68. The van der Waals surface area contributed by atoms with Gasteiger partial charge >= 0.3 is 0 Å². The molecule has 0 saturated heterocycles. The standard InChI is InChI=1S/C16H24BrNO/c1-5-15(17)16(19)18-12(4)14-8-6-13(7-9-14)10-11(2)3/h6-9,11-12,15H,5,10H2,1-4H3,(H,18,19). The number of rotatable bonds is 6. The third kappa shape index (κ3) is 5.35. The lowest BCUT2D eigenvalue weighted by Gasteiger charge is -2.17. The van der Waals surface area contributed by atoms with Crippen LogP contribution in [0.5, 0.6) is 0 Å². The highest BCUT2D eigenvalue weighted by atomic mass is 79.9. The van der Waals surface area contributed by atoms with Crippen LogP contribution in [0.2, 0.25) is 0 Å². The van der Waals surface area contributed by atoms with E-state index in [4.69, 9.17) is 0 Å². The first kappa shape index (κ1) is 16.2. The molecule has 106 valence electrons. The smallest absolute Gasteiger partial charge is 0.234 e. The molecule has 0 spiro atoms. The van der Waals surface area contributed by atoms with Crippen LogP contribution < -0.4 is 5.32 Å². The number of alkyl halides is 1. The quantitative estimate of drug-likeness (QED) is 0.779. The van der Waals surface area contributed by atoms with E-state index in [1.807, 2.05) is 13.8 Å². The Labute approximate surface area is 125 Å². The minimum Gasteiger partial charge on any atom is -0.349 e. The topological polar surface area (TPSA) is 29.1 Å². The zero-order valence-electron chi connectivity index (χ0n) is 12.2. The largest absolute Gasteiger partial charge is 0.349 e. The highest BCUT2D eigenvalue weighted by molar-refractivity contribution is 9.10. The van der Waals surface area contributed by atoms with Gasteiger partial charge in [-0.1, -0.05) is 61.0 Å². The molecule has 1 amide bonds. The molecule has 2 unspecified atom stereocenters. The number of hydrogen-bond acceptors (Lipinski definition) is 1. The highest BCUT2D eigenvalue weighted by Gasteiger charge is 2.15. The number of nitrogens with one attached hydrogen (secondary N) is 1. The van der Waals surface area contributed by atoms with E-state index in [1.54, 1.807) is 0 Å². The van der Waals surface area contributed by atoms with Gasteiger partial charge in [0.15, 0.2) is 0 Å². The molecular weight excluding hydrogens is 302 g/mol. The Morgan fingerprint density at radius 1 is 1.21 bits per heavy atom. The van der Waals surface area contributed by atoms with Gasteiger partial charge in [0.2, 0.25) is 5.91 Å². The van der Waals surface area contributed by atoms with Crippen LogP contribution in [0.4, 0.5) is 0 Å². The zero-order valence-corrected chi connectivity index (χ0v) is 13.8. The first-order valence-corrected chi connectivity index (χ1v) is 7.88. The molecule has 0 aliphatic heterocycles. The fraction of sp³-hybridized carbons (Fsp3) is 0.562. The summed E-state index contributed by atoms with van der Waals surface area (Å²) in [6, 6.07) is 8.58. The summed E-state index contributed by atoms with van der Waals surface area (Å²) >= 11 is 3.37. The molecule has 1 aromatic carbocycles. The number of amides is 1. The molecule has 1 rings (SSSR count). The van der Waals surface area contributed by atoms with Gasteiger partial charge in [0.25, 0.3) is 0 Å².